The smallest absolute Gasteiger partial charge is 0.281 e. The van der Waals surface area contributed by atoms with Crippen molar-refractivity contribution in [3.05, 3.63) is 87.0 Å². The van der Waals surface area contributed by atoms with E-state index in [0.29, 0.717) is 31.1 Å². The van der Waals surface area contributed by atoms with Gasteiger partial charge in [-0.2, -0.15) is 0 Å². The summed E-state index contributed by atoms with van der Waals surface area (Å²) in [5, 5.41) is 8.22. The number of likely N-dealkylation sites (tertiary alicyclic amines) is 1. The van der Waals surface area contributed by atoms with Gasteiger partial charge >= 0.3 is 0 Å². The number of fused-ring (bicyclic) bond motifs is 1. The van der Waals surface area contributed by atoms with Gasteiger partial charge in [0.15, 0.2) is 11.2 Å². The zero-order valence-electron chi connectivity index (χ0n) is 18.8. The molecule has 8 heteroatoms. The van der Waals surface area contributed by atoms with E-state index >= 15 is 0 Å². The number of hydrogen-bond acceptors (Lipinski definition) is 5. The lowest BCUT2D eigenvalue weighted by molar-refractivity contribution is 0.0710. The second-order valence-electron chi connectivity index (χ2n) is 8.74. The van der Waals surface area contributed by atoms with E-state index in [1.807, 2.05) is 67.3 Å². The summed E-state index contributed by atoms with van der Waals surface area (Å²) >= 11 is 0. The van der Waals surface area contributed by atoms with Crippen LogP contribution in [0.25, 0.3) is 11.2 Å². The molecule has 1 saturated heterocycles. The molecule has 0 bridgehead atoms. The summed E-state index contributed by atoms with van der Waals surface area (Å²) in [7, 11) is 0. The number of rotatable bonds is 4. The van der Waals surface area contributed by atoms with E-state index in [9.17, 15) is 9.59 Å². The number of carbonyl (C=O) groups is 1. The topological polar surface area (TPSA) is 96.8 Å². The number of aromatic nitrogens is 5. The molecule has 0 unspecified atom stereocenters. The van der Waals surface area contributed by atoms with Crippen LogP contribution in [0.2, 0.25) is 0 Å². The average molecular weight is 443 g/mol. The molecule has 0 saturated carbocycles. The summed E-state index contributed by atoms with van der Waals surface area (Å²) in [5.74, 6) is 0.775. The first kappa shape index (κ1) is 21.1. The molecule has 0 radical (unpaired) electrons. The molecule has 1 fully saturated rings. The number of aryl methyl sites for hydroxylation is 2. The highest BCUT2D eigenvalue weighted by atomic mass is 16.2. The molecule has 33 heavy (non-hydrogen) atoms. The molecule has 1 amide bonds. The molecule has 2 aromatic heterocycles. The highest BCUT2D eigenvalue weighted by molar-refractivity contribution is 5.95. The minimum absolute atomic E-state index is 0.0591. The van der Waals surface area contributed by atoms with Crippen molar-refractivity contribution in [1.82, 2.24) is 29.9 Å². The third kappa shape index (κ3) is 4.16. The lowest BCUT2D eigenvalue weighted by Gasteiger charge is -2.31. The summed E-state index contributed by atoms with van der Waals surface area (Å²) < 4.78 is 1.68. The lowest BCUT2D eigenvalue weighted by Crippen LogP contribution is -2.38. The Kier molecular flexibility index (Phi) is 5.50. The van der Waals surface area contributed by atoms with Gasteiger partial charge < -0.3 is 9.88 Å². The Morgan fingerprint density at radius 2 is 1.79 bits per heavy atom. The summed E-state index contributed by atoms with van der Waals surface area (Å²) in [6.45, 7) is 5.75. The van der Waals surface area contributed by atoms with E-state index in [-0.39, 0.29) is 22.9 Å². The standard InChI is InChI=1S/C25H26N6O2/c1-16-7-9-18(10-8-16)15-31-23-21(28-29-31)24(32)27-22(26-23)19-11-13-30(14-12-19)25(33)20-6-4-3-5-17(20)2/h3-10,19H,11-15H2,1-2H3,(H,26,27,32). The molecular weight excluding hydrogens is 416 g/mol. The van der Waals surface area contributed by atoms with Crippen molar-refractivity contribution in [2.75, 3.05) is 13.1 Å². The predicted molar refractivity (Wildman–Crippen MR) is 125 cm³/mol. The first-order valence-electron chi connectivity index (χ1n) is 11.2. The van der Waals surface area contributed by atoms with E-state index in [4.69, 9.17) is 4.98 Å². The minimum atomic E-state index is -0.274. The number of benzene rings is 2. The lowest BCUT2D eigenvalue weighted by atomic mass is 9.95. The third-order valence-corrected chi connectivity index (χ3v) is 6.39. The zero-order valence-corrected chi connectivity index (χ0v) is 18.8. The average Bonchev–Trinajstić information content (AvgIpc) is 3.24. The molecule has 2 aromatic carbocycles. The van der Waals surface area contributed by atoms with Gasteiger partial charge in [0.2, 0.25) is 0 Å². The highest BCUT2D eigenvalue weighted by Gasteiger charge is 2.27. The van der Waals surface area contributed by atoms with Crippen molar-refractivity contribution in [2.24, 2.45) is 0 Å². The van der Waals surface area contributed by atoms with Gasteiger partial charge in [-0.15, -0.1) is 5.10 Å². The second-order valence-corrected chi connectivity index (χ2v) is 8.74. The third-order valence-electron chi connectivity index (χ3n) is 6.39. The maximum Gasteiger partial charge on any atom is 0.281 e. The highest BCUT2D eigenvalue weighted by Crippen LogP contribution is 2.27. The Hall–Kier alpha value is -3.81. The SMILES string of the molecule is Cc1ccc(Cn2nnc3c(=O)[nH]c(C4CCN(C(=O)c5ccccc5C)CC4)nc32)cc1. The van der Waals surface area contributed by atoms with E-state index in [1.165, 1.54) is 5.56 Å². The van der Waals surface area contributed by atoms with Crippen LogP contribution in [0, 0.1) is 13.8 Å². The molecule has 1 aliphatic heterocycles. The second kappa shape index (κ2) is 8.61. The normalized spacial score (nSPS) is 14.7. The van der Waals surface area contributed by atoms with Crippen LogP contribution in [-0.2, 0) is 6.54 Å². The number of nitrogens with one attached hydrogen (secondary N) is 1. The van der Waals surface area contributed by atoms with Gasteiger partial charge in [-0.1, -0.05) is 53.2 Å². The van der Waals surface area contributed by atoms with Crippen LogP contribution in [0.15, 0.2) is 53.3 Å². The summed E-state index contributed by atoms with van der Waals surface area (Å²) in [6, 6.07) is 15.8. The first-order chi connectivity index (χ1) is 16.0. The van der Waals surface area contributed by atoms with Crippen molar-refractivity contribution in [3.8, 4) is 0 Å². The minimum Gasteiger partial charge on any atom is -0.339 e. The number of H-pyrrole nitrogens is 1. The molecule has 0 atom stereocenters. The van der Waals surface area contributed by atoms with Crippen molar-refractivity contribution in [3.63, 3.8) is 0 Å². The van der Waals surface area contributed by atoms with E-state index in [2.05, 4.69) is 15.3 Å². The summed E-state index contributed by atoms with van der Waals surface area (Å²) in [6.07, 6.45) is 1.48. The number of nitrogens with zero attached hydrogens (tertiary/aromatic N) is 5. The van der Waals surface area contributed by atoms with Gasteiger partial charge in [-0.05, 0) is 43.9 Å². The van der Waals surface area contributed by atoms with Crippen LogP contribution in [0.4, 0.5) is 0 Å². The molecule has 5 rings (SSSR count). The largest absolute Gasteiger partial charge is 0.339 e. The van der Waals surface area contributed by atoms with Crippen molar-refractivity contribution in [2.45, 2.75) is 39.2 Å². The first-order valence-corrected chi connectivity index (χ1v) is 11.2. The molecule has 3 heterocycles. The van der Waals surface area contributed by atoms with Gasteiger partial charge in [-0.25, -0.2) is 9.67 Å². The molecule has 0 spiro atoms. The van der Waals surface area contributed by atoms with E-state index in [0.717, 1.165) is 29.5 Å². The number of hydrogen-bond donors (Lipinski definition) is 1. The van der Waals surface area contributed by atoms with Gasteiger partial charge in [-0.3, -0.25) is 9.59 Å². The molecule has 4 aromatic rings. The van der Waals surface area contributed by atoms with Gasteiger partial charge in [0.25, 0.3) is 11.5 Å². The van der Waals surface area contributed by atoms with E-state index < -0.39 is 0 Å². The fourth-order valence-electron chi connectivity index (χ4n) is 4.39. The van der Waals surface area contributed by atoms with Crippen molar-refractivity contribution in [1.29, 1.82) is 0 Å². The molecule has 8 nitrogen and oxygen atoms in total. The van der Waals surface area contributed by atoms with Crippen LogP contribution >= 0.6 is 0 Å². The van der Waals surface area contributed by atoms with Crippen molar-refractivity contribution >= 4 is 17.1 Å². The van der Waals surface area contributed by atoms with Gasteiger partial charge in [0.05, 0.1) is 6.54 Å². The number of amides is 1. The molecule has 1 aliphatic rings. The Morgan fingerprint density at radius 3 is 2.52 bits per heavy atom. The molecular formula is C25H26N6O2. The van der Waals surface area contributed by atoms with Gasteiger partial charge in [0, 0.05) is 24.6 Å². The molecule has 168 valence electrons. The Morgan fingerprint density at radius 1 is 1.06 bits per heavy atom. The monoisotopic (exact) mass is 442 g/mol. The number of piperidine rings is 1. The van der Waals surface area contributed by atoms with E-state index in [1.54, 1.807) is 4.68 Å². The van der Waals surface area contributed by atoms with Gasteiger partial charge in [0.1, 0.15) is 5.82 Å². The summed E-state index contributed by atoms with van der Waals surface area (Å²) in [4.78, 5) is 35.1. The Bertz CT molecular complexity index is 1360. The van der Waals surface area contributed by atoms with Crippen LogP contribution < -0.4 is 5.56 Å². The van der Waals surface area contributed by atoms with Crippen LogP contribution in [0.1, 0.15) is 51.6 Å². The summed E-state index contributed by atoms with van der Waals surface area (Å²) in [5.41, 5.74) is 4.45. The van der Waals surface area contributed by atoms with Crippen LogP contribution in [0.5, 0.6) is 0 Å². The van der Waals surface area contributed by atoms with Crippen LogP contribution in [0.3, 0.4) is 0 Å². The zero-order chi connectivity index (χ0) is 22.9. The molecule has 0 aliphatic carbocycles. The Balaban J connectivity index is 1.35. The number of carbonyl (C=O) groups excluding carboxylic acids is 1. The number of aromatic amines is 1. The van der Waals surface area contributed by atoms with Crippen molar-refractivity contribution < 1.29 is 4.79 Å². The molecule has 1 N–H and O–H groups in total. The maximum absolute atomic E-state index is 12.9. The predicted octanol–water partition coefficient (Wildman–Crippen LogP) is 3.20. The maximum atomic E-state index is 12.9. The fourth-order valence-corrected chi connectivity index (χ4v) is 4.39. The fraction of sp³-hybridized carbons (Fsp3) is 0.320. The Labute approximate surface area is 191 Å². The van der Waals surface area contributed by atoms with Crippen LogP contribution in [-0.4, -0.2) is 48.9 Å². The quantitative estimate of drug-likeness (QED) is 0.524.